The summed E-state index contributed by atoms with van der Waals surface area (Å²) in [6.45, 7) is 2.33. The summed E-state index contributed by atoms with van der Waals surface area (Å²) in [4.78, 5) is 10.6. The molecule has 1 aliphatic heterocycles. The Kier molecular flexibility index (Phi) is 4.60. The smallest absolute Gasteiger partial charge is 0.270 e. The van der Waals surface area contributed by atoms with Crippen molar-refractivity contribution >= 4 is 11.6 Å². The van der Waals surface area contributed by atoms with Crippen LogP contribution in [0.25, 0.3) is 0 Å². The van der Waals surface area contributed by atoms with Crippen LogP contribution in [-0.4, -0.2) is 30.1 Å². The Hall–Kier alpha value is -1.07. The molecule has 0 bridgehead atoms. The van der Waals surface area contributed by atoms with E-state index in [1.807, 2.05) is 0 Å². The molecule has 6 heteroatoms. The molecule has 1 atom stereocenters. The van der Waals surface area contributed by atoms with Gasteiger partial charge in [-0.05, 0) is 24.8 Å². The Bertz CT molecular complexity index is 376. The Morgan fingerprint density at radius 3 is 2.89 bits per heavy atom. The minimum absolute atomic E-state index is 0.185. The molecule has 2 aliphatic rings. The summed E-state index contributed by atoms with van der Waals surface area (Å²) in [6.07, 6.45) is 5.81. The highest BCUT2D eigenvalue weighted by Crippen LogP contribution is 2.22. The summed E-state index contributed by atoms with van der Waals surface area (Å²) in [5.74, 6) is 0.529. The molecule has 1 saturated heterocycles. The van der Waals surface area contributed by atoms with Crippen LogP contribution in [0.15, 0.2) is 23.5 Å². The highest BCUT2D eigenvalue weighted by Gasteiger charge is 2.24. The van der Waals surface area contributed by atoms with Crippen LogP contribution in [0.3, 0.4) is 0 Å². The molecule has 2 rings (SSSR count). The second-order valence-electron chi connectivity index (χ2n) is 4.63. The van der Waals surface area contributed by atoms with E-state index in [9.17, 15) is 10.1 Å². The average molecular weight is 273 g/mol. The highest BCUT2D eigenvalue weighted by molar-refractivity contribution is 6.22. The van der Waals surface area contributed by atoms with E-state index >= 15 is 0 Å². The highest BCUT2D eigenvalue weighted by atomic mass is 35.5. The second-order valence-corrected chi connectivity index (χ2v) is 5.19. The van der Waals surface area contributed by atoms with E-state index in [1.54, 1.807) is 12.2 Å². The van der Waals surface area contributed by atoms with Crippen LogP contribution in [0.1, 0.15) is 19.3 Å². The number of alkyl halides is 1. The standard InChI is InChI=1S/C12H17ClN2O3/c13-10-1-2-11(12(7-10)15(16)17)14-8-9-3-5-18-6-4-9/h1-2,9-10,14H,3-8H2. The number of allylic oxidation sites excluding steroid dienone is 3. The topological polar surface area (TPSA) is 64.4 Å². The predicted molar refractivity (Wildman–Crippen MR) is 69.0 cm³/mol. The van der Waals surface area contributed by atoms with Crippen molar-refractivity contribution in [1.82, 2.24) is 5.32 Å². The lowest BCUT2D eigenvalue weighted by Crippen LogP contribution is -2.29. The molecule has 0 saturated carbocycles. The second kappa shape index (κ2) is 6.20. The number of ether oxygens (including phenoxy) is 1. The number of nitro groups is 1. The van der Waals surface area contributed by atoms with E-state index < -0.39 is 0 Å². The maximum Gasteiger partial charge on any atom is 0.270 e. The van der Waals surface area contributed by atoms with Crippen LogP contribution in [-0.2, 0) is 4.74 Å². The van der Waals surface area contributed by atoms with Crippen molar-refractivity contribution in [2.75, 3.05) is 19.8 Å². The van der Waals surface area contributed by atoms with Crippen LogP contribution in [0.5, 0.6) is 0 Å². The van der Waals surface area contributed by atoms with Gasteiger partial charge in [0.2, 0.25) is 0 Å². The lowest BCUT2D eigenvalue weighted by molar-refractivity contribution is -0.429. The Morgan fingerprint density at radius 2 is 2.22 bits per heavy atom. The molecule has 5 nitrogen and oxygen atoms in total. The molecule has 100 valence electrons. The van der Waals surface area contributed by atoms with Crippen molar-refractivity contribution in [2.24, 2.45) is 5.92 Å². The zero-order chi connectivity index (χ0) is 13.0. The minimum atomic E-state index is -0.342. The first-order valence-electron chi connectivity index (χ1n) is 6.18. The lowest BCUT2D eigenvalue weighted by atomic mass is 10.00. The Morgan fingerprint density at radius 1 is 1.50 bits per heavy atom. The van der Waals surface area contributed by atoms with Gasteiger partial charge in [-0.25, -0.2) is 0 Å². The average Bonchev–Trinajstić information content (AvgIpc) is 2.38. The van der Waals surface area contributed by atoms with E-state index in [2.05, 4.69) is 5.32 Å². The summed E-state index contributed by atoms with van der Waals surface area (Å²) < 4.78 is 5.29. The van der Waals surface area contributed by atoms with E-state index in [4.69, 9.17) is 16.3 Å². The molecule has 1 aliphatic carbocycles. The third-order valence-corrected chi connectivity index (χ3v) is 3.61. The van der Waals surface area contributed by atoms with Crippen molar-refractivity contribution in [1.29, 1.82) is 0 Å². The first kappa shape index (κ1) is 13.4. The molecule has 1 heterocycles. The van der Waals surface area contributed by atoms with E-state index in [-0.39, 0.29) is 22.4 Å². The zero-order valence-corrected chi connectivity index (χ0v) is 10.9. The van der Waals surface area contributed by atoms with Gasteiger partial charge in [-0.15, -0.1) is 11.6 Å². The first-order valence-corrected chi connectivity index (χ1v) is 6.62. The third-order valence-electron chi connectivity index (χ3n) is 3.31. The van der Waals surface area contributed by atoms with Crippen molar-refractivity contribution in [2.45, 2.75) is 24.6 Å². The van der Waals surface area contributed by atoms with Gasteiger partial charge in [0.15, 0.2) is 0 Å². The lowest BCUT2D eigenvalue weighted by Gasteiger charge is -2.23. The zero-order valence-electron chi connectivity index (χ0n) is 10.1. The Labute approximate surface area is 111 Å². The SMILES string of the molecule is O=[N+]([O-])C1=C(NCC2CCOCC2)C=CC(Cl)C1. The monoisotopic (exact) mass is 272 g/mol. The van der Waals surface area contributed by atoms with E-state index in [1.165, 1.54) is 0 Å². The van der Waals surface area contributed by atoms with Crippen LogP contribution in [0.4, 0.5) is 0 Å². The van der Waals surface area contributed by atoms with Crippen LogP contribution >= 0.6 is 11.6 Å². The minimum Gasteiger partial charge on any atom is -0.381 e. The van der Waals surface area contributed by atoms with E-state index in [0.717, 1.165) is 32.6 Å². The summed E-state index contributed by atoms with van der Waals surface area (Å²) in [7, 11) is 0. The summed E-state index contributed by atoms with van der Waals surface area (Å²) in [6, 6.07) is 0. The maximum atomic E-state index is 11.0. The van der Waals surface area contributed by atoms with Gasteiger partial charge in [0.25, 0.3) is 5.70 Å². The maximum absolute atomic E-state index is 11.0. The number of nitrogens with zero attached hydrogens (tertiary/aromatic N) is 1. The third kappa shape index (κ3) is 3.46. The number of rotatable bonds is 4. The van der Waals surface area contributed by atoms with Gasteiger partial charge in [0.05, 0.1) is 16.7 Å². The van der Waals surface area contributed by atoms with Gasteiger partial charge in [0.1, 0.15) is 5.70 Å². The predicted octanol–water partition coefficient (Wildman–Crippen LogP) is 2.06. The molecular formula is C12H17ClN2O3. The largest absolute Gasteiger partial charge is 0.381 e. The van der Waals surface area contributed by atoms with Crippen molar-refractivity contribution in [3.63, 3.8) is 0 Å². The van der Waals surface area contributed by atoms with Crippen molar-refractivity contribution in [3.8, 4) is 0 Å². The fourth-order valence-corrected chi connectivity index (χ4v) is 2.42. The van der Waals surface area contributed by atoms with Crippen molar-refractivity contribution < 1.29 is 9.66 Å². The molecular weight excluding hydrogens is 256 g/mol. The van der Waals surface area contributed by atoms with E-state index in [0.29, 0.717) is 11.6 Å². The van der Waals surface area contributed by atoms with Gasteiger partial charge in [-0.2, -0.15) is 0 Å². The fourth-order valence-electron chi connectivity index (χ4n) is 2.20. The molecule has 0 aromatic carbocycles. The number of hydrogen-bond donors (Lipinski definition) is 1. The molecule has 0 radical (unpaired) electrons. The first-order chi connectivity index (χ1) is 8.66. The van der Waals surface area contributed by atoms with Gasteiger partial charge in [0, 0.05) is 19.8 Å². The van der Waals surface area contributed by atoms with Gasteiger partial charge < -0.3 is 10.1 Å². The molecule has 18 heavy (non-hydrogen) atoms. The van der Waals surface area contributed by atoms with Gasteiger partial charge in [-0.3, -0.25) is 10.1 Å². The normalized spacial score (nSPS) is 25.3. The van der Waals surface area contributed by atoms with Crippen LogP contribution in [0.2, 0.25) is 0 Å². The molecule has 0 aromatic heterocycles. The molecule has 1 N–H and O–H groups in total. The van der Waals surface area contributed by atoms with Crippen molar-refractivity contribution in [3.05, 3.63) is 33.7 Å². The van der Waals surface area contributed by atoms with Crippen LogP contribution in [0, 0.1) is 16.0 Å². The number of hydrogen-bond acceptors (Lipinski definition) is 4. The number of halogens is 1. The van der Waals surface area contributed by atoms with Gasteiger partial charge >= 0.3 is 0 Å². The fraction of sp³-hybridized carbons (Fsp3) is 0.667. The van der Waals surface area contributed by atoms with Gasteiger partial charge in [-0.1, -0.05) is 6.08 Å². The number of nitrogens with one attached hydrogen (secondary N) is 1. The Balaban J connectivity index is 1.95. The molecule has 1 unspecified atom stereocenters. The molecule has 1 fully saturated rings. The van der Waals surface area contributed by atoms with Crippen LogP contribution < -0.4 is 5.32 Å². The quantitative estimate of drug-likeness (QED) is 0.483. The molecule has 0 spiro atoms. The summed E-state index contributed by atoms with van der Waals surface area (Å²) in [5.41, 5.74) is 0.785. The molecule has 0 amide bonds. The summed E-state index contributed by atoms with van der Waals surface area (Å²) >= 11 is 5.90. The molecule has 0 aromatic rings. The summed E-state index contributed by atoms with van der Waals surface area (Å²) in [5, 5.41) is 13.9.